The van der Waals surface area contributed by atoms with Crippen molar-refractivity contribution in [3.63, 3.8) is 0 Å². The van der Waals surface area contributed by atoms with Crippen molar-refractivity contribution in [3.05, 3.63) is 47.0 Å². The number of nitrogens with two attached hydrogens (primary N) is 1. The first-order valence-corrected chi connectivity index (χ1v) is 12.1. The summed E-state index contributed by atoms with van der Waals surface area (Å²) in [6.07, 6.45) is -3.06. The molecular weight excluding hydrogens is 473 g/mol. The molecule has 33 heavy (non-hydrogen) atoms. The van der Waals surface area contributed by atoms with E-state index in [0.29, 0.717) is 24.6 Å². The molecule has 0 radical (unpaired) electrons. The van der Waals surface area contributed by atoms with Crippen molar-refractivity contribution in [2.24, 2.45) is 5.92 Å². The van der Waals surface area contributed by atoms with E-state index in [2.05, 4.69) is 0 Å². The number of likely N-dealkylation sites (tertiary alicyclic amines) is 1. The molecule has 1 heterocycles. The van der Waals surface area contributed by atoms with Gasteiger partial charge in [0.2, 0.25) is 0 Å². The van der Waals surface area contributed by atoms with Gasteiger partial charge in [0, 0.05) is 35.0 Å². The van der Waals surface area contributed by atoms with E-state index in [4.69, 9.17) is 22.1 Å². The number of nitrogens with zero attached hydrogens (tertiary/aromatic N) is 1. The summed E-state index contributed by atoms with van der Waals surface area (Å²) in [5, 5.41) is -0.0283. The maximum Gasteiger partial charge on any atom is 0.417 e. The van der Waals surface area contributed by atoms with Gasteiger partial charge in [-0.25, -0.2) is 4.79 Å². The summed E-state index contributed by atoms with van der Waals surface area (Å²) in [7, 11) is 0. The molecule has 2 N–H and O–H groups in total. The van der Waals surface area contributed by atoms with Gasteiger partial charge in [0.15, 0.2) is 0 Å². The van der Waals surface area contributed by atoms with Crippen LogP contribution >= 0.6 is 23.4 Å². The number of piperidine rings is 1. The molecule has 9 heteroatoms. The van der Waals surface area contributed by atoms with Crippen molar-refractivity contribution in [1.82, 2.24) is 4.90 Å². The Morgan fingerprint density at radius 3 is 2.30 bits per heavy atom. The van der Waals surface area contributed by atoms with E-state index in [1.54, 1.807) is 28.8 Å². The SMILES string of the molecule is CC(C)(C)OC(=O)N1CCC(CSc2ccc(-c3c(Cl)cc(N)cc3C(F)(F)F)cc2)CC1. The van der Waals surface area contributed by atoms with Crippen molar-refractivity contribution in [2.45, 2.75) is 50.3 Å². The monoisotopic (exact) mass is 500 g/mol. The number of carbonyl (C=O) groups is 1. The van der Waals surface area contributed by atoms with Crippen molar-refractivity contribution >= 4 is 35.1 Å². The van der Waals surface area contributed by atoms with Crippen LogP contribution in [-0.4, -0.2) is 35.4 Å². The van der Waals surface area contributed by atoms with Crippen LogP contribution in [0, 0.1) is 5.92 Å². The van der Waals surface area contributed by atoms with Gasteiger partial charge < -0.3 is 15.4 Å². The van der Waals surface area contributed by atoms with Crippen molar-refractivity contribution in [1.29, 1.82) is 0 Å². The van der Waals surface area contributed by atoms with Crippen LogP contribution in [0.1, 0.15) is 39.2 Å². The molecule has 2 aromatic carbocycles. The van der Waals surface area contributed by atoms with E-state index in [9.17, 15) is 18.0 Å². The molecule has 0 bridgehead atoms. The first kappa shape index (κ1) is 25.6. The summed E-state index contributed by atoms with van der Waals surface area (Å²) < 4.78 is 46.0. The minimum atomic E-state index is -4.56. The van der Waals surface area contributed by atoms with Gasteiger partial charge in [-0.1, -0.05) is 23.7 Å². The Hall–Kier alpha value is -2.06. The van der Waals surface area contributed by atoms with E-state index < -0.39 is 17.3 Å². The molecule has 0 aromatic heterocycles. The van der Waals surface area contributed by atoms with Crippen LogP contribution in [0.15, 0.2) is 41.3 Å². The standard InChI is InChI=1S/C24H28ClF3N2O2S/c1-23(2,3)32-22(31)30-10-8-15(9-11-30)14-33-18-6-4-16(5-7-18)21-19(24(26,27)28)12-17(29)13-20(21)25/h4-7,12-13,15H,8-11,14,29H2,1-3H3. The Balaban J connectivity index is 1.59. The highest BCUT2D eigenvalue weighted by atomic mass is 35.5. The molecular formula is C24H28ClF3N2O2S. The third kappa shape index (κ3) is 6.96. The summed E-state index contributed by atoms with van der Waals surface area (Å²) in [6.45, 7) is 6.88. The Bertz CT molecular complexity index is 983. The third-order valence-electron chi connectivity index (χ3n) is 5.31. The lowest BCUT2D eigenvalue weighted by atomic mass is 9.98. The summed E-state index contributed by atoms with van der Waals surface area (Å²) in [5.74, 6) is 1.33. The molecule has 0 aliphatic carbocycles. The molecule has 0 unspecified atom stereocenters. The fourth-order valence-corrected chi connectivity index (χ4v) is 5.11. The largest absolute Gasteiger partial charge is 0.444 e. The quantitative estimate of drug-likeness (QED) is 0.352. The number of nitrogen functional groups attached to an aromatic ring is 1. The van der Waals surface area contributed by atoms with Gasteiger partial charge in [-0.05, 0) is 69.4 Å². The minimum absolute atomic E-state index is 0.0269. The second kappa shape index (κ2) is 10.1. The van der Waals surface area contributed by atoms with E-state index >= 15 is 0 Å². The summed E-state index contributed by atoms with van der Waals surface area (Å²) in [5.41, 5.74) is 4.52. The van der Waals surface area contributed by atoms with Crippen molar-refractivity contribution in [2.75, 3.05) is 24.6 Å². The van der Waals surface area contributed by atoms with E-state index in [1.807, 2.05) is 32.9 Å². The predicted molar refractivity (Wildman–Crippen MR) is 128 cm³/mol. The number of hydrogen-bond donors (Lipinski definition) is 1. The van der Waals surface area contributed by atoms with Gasteiger partial charge in [-0.15, -0.1) is 11.8 Å². The maximum atomic E-state index is 13.5. The van der Waals surface area contributed by atoms with Gasteiger partial charge in [0.1, 0.15) is 5.60 Å². The second-order valence-corrected chi connectivity index (χ2v) is 10.7. The average Bonchev–Trinajstić information content (AvgIpc) is 2.71. The number of anilines is 1. The van der Waals surface area contributed by atoms with Crippen LogP contribution in [0.2, 0.25) is 5.02 Å². The second-order valence-electron chi connectivity index (χ2n) is 9.17. The molecule has 1 aliphatic heterocycles. The molecule has 0 saturated carbocycles. The van der Waals surface area contributed by atoms with E-state index in [-0.39, 0.29) is 22.4 Å². The summed E-state index contributed by atoms with van der Waals surface area (Å²) in [6, 6.07) is 9.16. The fourth-order valence-electron chi connectivity index (χ4n) is 3.69. The summed E-state index contributed by atoms with van der Waals surface area (Å²) in [4.78, 5) is 14.9. The molecule has 1 amide bonds. The fraction of sp³-hybridized carbons (Fsp3) is 0.458. The number of carbonyl (C=O) groups excluding carboxylic acids is 1. The van der Waals surface area contributed by atoms with Crippen molar-refractivity contribution in [3.8, 4) is 11.1 Å². The number of thioether (sulfide) groups is 1. The highest BCUT2D eigenvalue weighted by molar-refractivity contribution is 7.99. The molecule has 0 atom stereocenters. The Morgan fingerprint density at radius 2 is 1.76 bits per heavy atom. The zero-order chi connectivity index (χ0) is 24.4. The zero-order valence-corrected chi connectivity index (χ0v) is 20.4. The Morgan fingerprint density at radius 1 is 1.15 bits per heavy atom. The van der Waals surface area contributed by atoms with Crippen LogP contribution in [0.25, 0.3) is 11.1 Å². The van der Waals surface area contributed by atoms with Crippen LogP contribution in [0.4, 0.5) is 23.7 Å². The molecule has 1 saturated heterocycles. The highest BCUT2D eigenvalue weighted by Crippen LogP contribution is 2.42. The highest BCUT2D eigenvalue weighted by Gasteiger charge is 2.35. The number of alkyl halides is 3. The Kier molecular flexibility index (Phi) is 7.79. The van der Waals surface area contributed by atoms with E-state index in [1.165, 1.54) is 6.07 Å². The lowest BCUT2D eigenvalue weighted by molar-refractivity contribution is -0.137. The first-order chi connectivity index (χ1) is 15.3. The molecule has 4 nitrogen and oxygen atoms in total. The van der Waals surface area contributed by atoms with Crippen LogP contribution in [0.5, 0.6) is 0 Å². The van der Waals surface area contributed by atoms with Crippen LogP contribution in [-0.2, 0) is 10.9 Å². The lowest BCUT2D eigenvalue weighted by Crippen LogP contribution is -2.42. The number of amides is 1. The maximum absolute atomic E-state index is 13.5. The number of hydrogen-bond acceptors (Lipinski definition) is 4. The number of rotatable bonds is 4. The molecule has 2 aromatic rings. The van der Waals surface area contributed by atoms with Crippen LogP contribution in [0.3, 0.4) is 0 Å². The zero-order valence-electron chi connectivity index (χ0n) is 18.8. The number of benzene rings is 2. The molecule has 180 valence electrons. The molecule has 1 fully saturated rings. The first-order valence-electron chi connectivity index (χ1n) is 10.7. The van der Waals surface area contributed by atoms with Gasteiger partial charge in [0.25, 0.3) is 0 Å². The minimum Gasteiger partial charge on any atom is -0.444 e. The average molecular weight is 501 g/mol. The van der Waals surface area contributed by atoms with E-state index in [0.717, 1.165) is 29.6 Å². The molecule has 0 spiro atoms. The normalized spacial score (nSPS) is 15.5. The Labute approximate surface area is 201 Å². The lowest BCUT2D eigenvalue weighted by Gasteiger charge is -2.33. The van der Waals surface area contributed by atoms with Gasteiger partial charge in [-0.2, -0.15) is 13.2 Å². The molecule has 3 rings (SSSR count). The number of halogens is 4. The molecule has 1 aliphatic rings. The third-order valence-corrected chi connectivity index (χ3v) is 6.85. The van der Waals surface area contributed by atoms with Gasteiger partial charge >= 0.3 is 12.3 Å². The van der Waals surface area contributed by atoms with Crippen LogP contribution < -0.4 is 5.73 Å². The summed E-state index contributed by atoms with van der Waals surface area (Å²) >= 11 is 7.78. The number of ether oxygens (including phenoxy) is 1. The topological polar surface area (TPSA) is 55.6 Å². The predicted octanol–water partition coefficient (Wildman–Crippen LogP) is 7.35. The van der Waals surface area contributed by atoms with Crippen molar-refractivity contribution < 1.29 is 22.7 Å². The van der Waals surface area contributed by atoms with Gasteiger partial charge in [0.05, 0.1) is 10.6 Å². The smallest absolute Gasteiger partial charge is 0.417 e. The van der Waals surface area contributed by atoms with Gasteiger partial charge in [-0.3, -0.25) is 0 Å².